The van der Waals surface area contributed by atoms with Crippen molar-refractivity contribution >= 4 is 34.1 Å². The van der Waals surface area contributed by atoms with Crippen LogP contribution in [0.25, 0.3) is 10.9 Å². The highest BCUT2D eigenvalue weighted by Gasteiger charge is 2.03. The molecule has 0 radical (unpaired) electrons. The number of aromatic nitrogens is 2. The third-order valence-electron chi connectivity index (χ3n) is 1.69. The highest BCUT2D eigenvalue weighted by atomic mass is 35.5. The largest absolute Gasteiger partial charge is 0.287 e. The standard InChI is InChI=1S/C8H4Cl2N2O/c9-5-1-4-7(2-6(5)10)12-11-3-8(4)13/h1-3H,(H,12,13). The van der Waals surface area contributed by atoms with Gasteiger partial charge in [0.25, 0.3) is 0 Å². The molecule has 1 heterocycles. The van der Waals surface area contributed by atoms with E-state index in [1.165, 1.54) is 12.3 Å². The number of halogens is 2. The average Bonchev–Trinajstić information content (AvgIpc) is 2.09. The van der Waals surface area contributed by atoms with Gasteiger partial charge in [-0.2, -0.15) is 5.10 Å². The molecule has 2 aromatic rings. The number of nitrogens with one attached hydrogen (secondary N) is 1. The Morgan fingerprint density at radius 2 is 1.92 bits per heavy atom. The van der Waals surface area contributed by atoms with Crippen LogP contribution in [0.15, 0.2) is 23.1 Å². The van der Waals surface area contributed by atoms with Crippen LogP contribution < -0.4 is 5.43 Å². The molecule has 0 spiro atoms. The number of rotatable bonds is 0. The van der Waals surface area contributed by atoms with E-state index in [-0.39, 0.29) is 5.43 Å². The van der Waals surface area contributed by atoms with E-state index >= 15 is 0 Å². The fraction of sp³-hybridized carbons (Fsp3) is 0. The predicted molar refractivity (Wildman–Crippen MR) is 52.4 cm³/mol. The Morgan fingerprint density at radius 3 is 2.69 bits per heavy atom. The molecular formula is C8H4Cl2N2O. The topological polar surface area (TPSA) is 45.8 Å². The van der Waals surface area contributed by atoms with Crippen LogP contribution in [-0.4, -0.2) is 10.2 Å². The molecule has 0 aliphatic rings. The van der Waals surface area contributed by atoms with Gasteiger partial charge in [0.15, 0.2) is 0 Å². The molecule has 0 saturated carbocycles. The van der Waals surface area contributed by atoms with E-state index in [0.717, 1.165) is 0 Å². The molecule has 1 N–H and O–H groups in total. The number of hydrogen-bond acceptors (Lipinski definition) is 2. The second-order valence-corrected chi connectivity index (χ2v) is 3.36. The lowest BCUT2D eigenvalue weighted by Crippen LogP contribution is -2.02. The summed E-state index contributed by atoms with van der Waals surface area (Å²) >= 11 is 11.5. The lowest BCUT2D eigenvalue weighted by Gasteiger charge is -1.98. The maximum atomic E-state index is 11.3. The quantitative estimate of drug-likeness (QED) is 0.732. The zero-order valence-corrected chi connectivity index (χ0v) is 7.86. The van der Waals surface area contributed by atoms with Crippen molar-refractivity contribution in [3.05, 3.63) is 38.6 Å². The summed E-state index contributed by atoms with van der Waals surface area (Å²) in [6.45, 7) is 0. The van der Waals surface area contributed by atoms with Crippen molar-refractivity contribution in [3.8, 4) is 0 Å². The zero-order valence-electron chi connectivity index (χ0n) is 6.34. The van der Waals surface area contributed by atoms with E-state index in [2.05, 4.69) is 10.2 Å². The van der Waals surface area contributed by atoms with Gasteiger partial charge in [-0.05, 0) is 12.1 Å². The molecule has 0 bridgehead atoms. The molecule has 66 valence electrons. The van der Waals surface area contributed by atoms with Crippen molar-refractivity contribution in [2.75, 3.05) is 0 Å². The number of benzene rings is 1. The zero-order chi connectivity index (χ0) is 9.42. The lowest BCUT2D eigenvalue weighted by atomic mass is 10.2. The van der Waals surface area contributed by atoms with Crippen molar-refractivity contribution < 1.29 is 0 Å². The van der Waals surface area contributed by atoms with Gasteiger partial charge in [-0.15, -0.1) is 0 Å². The van der Waals surface area contributed by atoms with E-state index in [0.29, 0.717) is 20.9 Å². The van der Waals surface area contributed by atoms with Crippen LogP contribution in [0.3, 0.4) is 0 Å². The summed E-state index contributed by atoms with van der Waals surface area (Å²) in [4.78, 5) is 11.3. The van der Waals surface area contributed by atoms with Crippen LogP contribution in [0.4, 0.5) is 0 Å². The SMILES string of the molecule is O=c1cn[nH]c2cc(Cl)c(Cl)cc12. The number of nitrogens with zero attached hydrogens (tertiary/aromatic N) is 1. The van der Waals surface area contributed by atoms with E-state index in [9.17, 15) is 4.79 Å². The fourth-order valence-corrected chi connectivity index (χ4v) is 1.40. The van der Waals surface area contributed by atoms with Gasteiger partial charge < -0.3 is 0 Å². The normalized spacial score (nSPS) is 10.6. The van der Waals surface area contributed by atoms with Crippen molar-refractivity contribution in [2.24, 2.45) is 0 Å². The third-order valence-corrected chi connectivity index (χ3v) is 2.41. The summed E-state index contributed by atoms with van der Waals surface area (Å²) in [5, 5.41) is 7.57. The van der Waals surface area contributed by atoms with Crippen LogP contribution in [0, 0.1) is 0 Å². The highest BCUT2D eigenvalue weighted by molar-refractivity contribution is 6.42. The van der Waals surface area contributed by atoms with E-state index in [4.69, 9.17) is 23.2 Å². The molecule has 2 rings (SSSR count). The Morgan fingerprint density at radius 1 is 1.23 bits per heavy atom. The highest BCUT2D eigenvalue weighted by Crippen LogP contribution is 2.24. The van der Waals surface area contributed by atoms with Crippen LogP contribution in [0.1, 0.15) is 0 Å². The number of fused-ring (bicyclic) bond motifs is 1. The summed E-state index contributed by atoms with van der Waals surface area (Å²) in [7, 11) is 0. The first-order valence-electron chi connectivity index (χ1n) is 3.51. The van der Waals surface area contributed by atoms with E-state index < -0.39 is 0 Å². The molecule has 0 aliphatic heterocycles. The number of H-pyrrole nitrogens is 1. The van der Waals surface area contributed by atoms with Gasteiger partial charge in [-0.25, -0.2) is 0 Å². The maximum absolute atomic E-state index is 11.3. The van der Waals surface area contributed by atoms with Gasteiger partial charge >= 0.3 is 0 Å². The first-order chi connectivity index (χ1) is 6.18. The van der Waals surface area contributed by atoms with Crippen LogP contribution >= 0.6 is 23.2 Å². The van der Waals surface area contributed by atoms with Crippen molar-refractivity contribution in [2.45, 2.75) is 0 Å². The summed E-state index contributed by atoms with van der Waals surface area (Å²) in [6.07, 6.45) is 1.20. The van der Waals surface area contributed by atoms with E-state index in [1.807, 2.05) is 0 Å². The van der Waals surface area contributed by atoms with Gasteiger partial charge in [0, 0.05) is 0 Å². The second-order valence-electron chi connectivity index (χ2n) is 2.55. The van der Waals surface area contributed by atoms with Crippen molar-refractivity contribution in [1.82, 2.24) is 10.2 Å². The Hall–Kier alpha value is -1.06. The minimum atomic E-state index is -0.174. The number of hydrogen-bond donors (Lipinski definition) is 1. The molecule has 5 heteroatoms. The van der Waals surface area contributed by atoms with Crippen LogP contribution in [-0.2, 0) is 0 Å². The molecule has 0 fully saturated rings. The lowest BCUT2D eigenvalue weighted by molar-refractivity contribution is 1.06. The number of aromatic amines is 1. The summed E-state index contributed by atoms with van der Waals surface area (Å²) in [5.74, 6) is 0. The first-order valence-corrected chi connectivity index (χ1v) is 4.26. The summed E-state index contributed by atoms with van der Waals surface area (Å²) in [5.41, 5.74) is 0.411. The summed E-state index contributed by atoms with van der Waals surface area (Å²) in [6, 6.07) is 3.10. The Bertz CT molecular complexity index is 521. The van der Waals surface area contributed by atoms with Crippen molar-refractivity contribution in [1.29, 1.82) is 0 Å². The molecule has 0 amide bonds. The molecule has 1 aromatic carbocycles. The van der Waals surface area contributed by atoms with Crippen LogP contribution in [0.2, 0.25) is 10.0 Å². The van der Waals surface area contributed by atoms with Gasteiger partial charge in [0.05, 0.1) is 27.1 Å². The Labute approximate surface area is 83.3 Å². The smallest absolute Gasteiger partial charge is 0.207 e. The molecule has 0 atom stereocenters. The third kappa shape index (κ3) is 1.41. The Kier molecular flexibility index (Phi) is 1.98. The van der Waals surface area contributed by atoms with Gasteiger partial charge in [0.1, 0.15) is 0 Å². The molecule has 3 nitrogen and oxygen atoms in total. The molecule has 0 unspecified atom stereocenters. The Balaban J connectivity index is 2.97. The van der Waals surface area contributed by atoms with Crippen molar-refractivity contribution in [3.63, 3.8) is 0 Å². The fourth-order valence-electron chi connectivity index (χ4n) is 1.07. The molecular weight excluding hydrogens is 211 g/mol. The molecule has 0 aliphatic carbocycles. The monoisotopic (exact) mass is 214 g/mol. The van der Waals surface area contributed by atoms with Gasteiger partial charge in [-0.3, -0.25) is 9.89 Å². The second kappa shape index (κ2) is 3.01. The van der Waals surface area contributed by atoms with E-state index in [1.54, 1.807) is 6.07 Å². The van der Waals surface area contributed by atoms with Gasteiger partial charge in [0.2, 0.25) is 5.43 Å². The minimum Gasteiger partial charge on any atom is -0.287 e. The molecule has 13 heavy (non-hydrogen) atoms. The first kappa shape index (κ1) is 8.53. The molecule has 1 aromatic heterocycles. The summed E-state index contributed by atoms with van der Waals surface area (Å²) < 4.78 is 0. The maximum Gasteiger partial charge on any atom is 0.207 e. The van der Waals surface area contributed by atoms with Crippen LogP contribution in [0.5, 0.6) is 0 Å². The van der Waals surface area contributed by atoms with Gasteiger partial charge in [-0.1, -0.05) is 23.2 Å². The predicted octanol–water partition coefficient (Wildman–Crippen LogP) is 2.23. The minimum absolute atomic E-state index is 0.174. The average molecular weight is 215 g/mol. The molecule has 0 saturated heterocycles.